The third kappa shape index (κ3) is 5.33. The molecule has 1 fully saturated rings. The van der Waals surface area contributed by atoms with Crippen LogP contribution < -0.4 is 10.6 Å². The summed E-state index contributed by atoms with van der Waals surface area (Å²) >= 11 is 12.2. The second-order valence-corrected chi connectivity index (χ2v) is 6.11. The maximum atomic E-state index is 12.0. The van der Waals surface area contributed by atoms with Crippen LogP contribution in [0.4, 0.5) is 0 Å². The summed E-state index contributed by atoms with van der Waals surface area (Å²) in [5, 5.41) is 7.33. The molecule has 1 aliphatic rings. The third-order valence-corrected chi connectivity index (χ3v) is 4.60. The highest BCUT2D eigenvalue weighted by atomic mass is 35.5. The number of hydrogen-bond donors (Lipinski definition) is 2. The van der Waals surface area contributed by atoms with Crippen molar-refractivity contribution in [3.63, 3.8) is 0 Å². The van der Waals surface area contributed by atoms with Gasteiger partial charge in [-0.2, -0.15) is 0 Å². The molecule has 1 aliphatic heterocycles. The number of hydrogen-bond acceptors (Lipinski definition) is 2. The van der Waals surface area contributed by atoms with Crippen molar-refractivity contribution in [2.45, 2.75) is 32.2 Å². The highest BCUT2D eigenvalue weighted by molar-refractivity contribution is 6.42. The second kappa shape index (κ2) is 8.84. The first-order valence-electron chi connectivity index (χ1n) is 7.02. The van der Waals surface area contributed by atoms with Gasteiger partial charge >= 0.3 is 0 Å². The maximum Gasteiger partial charge on any atom is 0.220 e. The van der Waals surface area contributed by atoms with E-state index in [1.807, 2.05) is 19.1 Å². The van der Waals surface area contributed by atoms with Crippen molar-refractivity contribution in [2.75, 3.05) is 13.1 Å². The zero-order chi connectivity index (χ0) is 14.5. The van der Waals surface area contributed by atoms with Gasteiger partial charge in [-0.1, -0.05) is 35.3 Å². The highest BCUT2D eigenvalue weighted by Gasteiger charge is 2.18. The Morgan fingerprint density at radius 1 is 1.48 bits per heavy atom. The van der Waals surface area contributed by atoms with Gasteiger partial charge < -0.3 is 10.6 Å². The molecule has 6 heteroatoms. The van der Waals surface area contributed by atoms with E-state index in [1.165, 1.54) is 6.42 Å². The van der Waals surface area contributed by atoms with Gasteiger partial charge in [-0.3, -0.25) is 4.79 Å². The molecule has 0 bridgehead atoms. The summed E-state index contributed by atoms with van der Waals surface area (Å²) in [6.45, 7) is 4.02. The molecule has 2 rings (SSSR count). The number of carbonyl (C=O) groups excluding carboxylic acids is 1. The highest BCUT2D eigenvalue weighted by Crippen LogP contribution is 2.29. The zero-order valence-corrected chi connectivity index (χ0v) is 14.3. The van der Waals surface area contributed by atoms with Gasteiger partial charge in [0, 0.05) is 6.42 Å². The number of rotatable bonds is 5. The van der Waals surface area contributed by atoms with Gasteiger partial charge in [0.15, 0.2) is 0 Å². The van der Waals surface area contributed by atoms with Gasteiger partial charge in [0.2, 0.25) is 5.91 Å². The summed E-state index contributed by atoms with van der Waals surface area (Å²) in [5.41, 5.74) is 0.857. The predicted octanol–water partition coefficient (Wildman–Crippen LogP) is 3.98. The largest absolute Gasteiger partial charge is 0.350 e. The normalized spacial score (nSPS) is 18.9. The quantitative estimate of drug-likeness (QED) is 0.842. The number of halogens is 3. The van der Waals surface area contributed by atoms with Crippen LogP contribution in [0.2, 0.25) is 10.0 Å². The van der Waals surface area contributed by atoms with Crippen LogP contribution >= 0.6 is 35.6 Å². The second-order valence-electron chi connectivity index (χ2n) is 5.33. The molecule has 0 radical (unpaired) electrons. The van der Waals surface area contributed by atoms with Gasteiger partial charge in [0.1, 0.15) is 0 Å². The third-order valence-electron chi connectivity index (χ3n) is 3.77. The Morgan fingerprint density at radius 2 is 2.24 bits per heavy atom. The fourth-order valence-electron chi connectivity index (χ4n) is 2.54. The Hall–Kier alpha value is -0.480. The molecule has 1 amide bonds. The first kappa shape index (κ1) is 18.6. The summed E-state index contributed by atoms with van der Waals surface area (Å²) in [4.78, 5) is 12.0. The molecule has 2 N–H and O–H groups in total. The van der Waals surface area contributed by atoms with E-state index in [-0.39, 0.29) is 24.4 Å². The van der Waals surface area contributed by atoms with Crippen LogP contribution in [-0.4, -0.2) is 19.0 Å². The molecule has 1 aromatic rings. The molecule has 21 heavy (non-hydrogen) atoms. The Labute approximate surface area is 142 Å². The fourth-order valence-corrected chi connectivity index (χ4v) is 3.01. The lowest BCUT2D eigenvalue weighted by molar-refractivity contribution is -0.122. The monoisotopic (exact) mass is 350 g/mol. The van der Waals surface area contributed by atoms with Crippen LogP contribution in [0.25, 0.3) is 0 Å². The molecule has 118 valence electrons. The van der Waals surface area contributed by atoms with Crippen molar-refractivity contribution < 1.29 is 4.79 Å². The van der Waals surface area contributed by atoms with E-state index in [9.17, 15) is 4.79 Å². The molecule has 0 aromatic heterocycles. The Bertz CT molecular complexity index is 476. The van der Waals surface area contributed by atoms with E-state index in [0.29, 0.717) is 22.4 Å². The lowest BCUT2D eigenvalue weighted by Gasteiger charge is -2.17. The fraction of sp³-hybridized carbons (Fsp3) is 0.533. The van der Waals surface area contributed by atoms with E-state index in [1.54, 1.807) is 6.07 Å². The molecular weight excluding hydrogens is 331 g/mol. The van der Waals surface area contributed by atoms with Crippen LogP contribution in [0.3, 0.4) is 0 Å². The minimum absolute atomic E-state index is 0. The summed E-state index contributed by atoms with van der Waals surface area (Å²) in [6.07, 6.45) is 2.67. The summed E-state index contributed by atoms with van der Waals surface area (Å²) in [6, 6.07) is 5.35. The molecule has 3 nitrogen and oxygen atoms in total. The smallest absolute Gasteiger partial charge is 0.220 e. The average molecular weight is 352 g/mol. The van der Waals surface area contributed by atoms with Gasteiger partial charge in [0.05, 0.1) is 16.1 Å². The van der Waals surface area contributed by atoms with Gasteiger partial charge in [-0.25, -0.2) is 0 Å². The van der Waals surface area contributed by atoms with Gasteiger partial charge in [-0.15, -0.1) is 12.4 Å². The SMILES string of the molecule is CC(NC(=O)CCC1CCNC1)c1cccc(Cl)c1Cl.Cl. The minimum Gasteiger partial charge on any atom is -0.350 e. The maximum absolute atomic E-state index is 12.0. The Kier molecular flexibility index (Phi) is 7.82. The molecule has 1 aromatic carbocycles. The number of benzene rings is 1. The Morgan fingerprint density at radius 3 is 2.90 bits per heavy atom. The van der Waals surface area contributed by atoms with E-state index in [4.69, 9.17) is 23.2 Å². The van der Waals surface area contributed by atoms with Crippen LogP contribution in [0, 0.1) is 5.92 Å². The molecule has 2 atom stereocenters. The number of amides is 1. The van der Waals surface area contributed by atoms with Crippen molar-refractivity contribution >= 4 is 41.5 Å². The van der Waals surface area contributed by atoms with Crippen molar-refractivity contribution in [2.24, 2.45) is 5.92 Å². The lowest BCUT2D eigenvalue weighted by atomic mass is 10.0. The molecule has 2 unspecified atom stereocenters. The first-order chi connectivity index (χ1) is 9.58. The molecule has 0 spiro atoms. The van der Waals surface area contributed by atoms with E-state index < -0.39 is 0 Å². The summed E-state index contributed by atoms with van der Waals surface area (Å²) < 4.78 is 0. The van der Waals surface area contributed by atoms with Gasteiger partial charge in [0.25, 0.3) is 0 Å². The van der Waals surface area contributed by atoms with Crippen molar-refractivity contribution in [3.8, 4) is 0 Å². The molecule has 1 saturated heterocycles. The van der Waals surface area contributed by atoms with Crippen molar-refractivity contribution in [1.82, 2.24) is 10.6 Å². The summed E-state index contributed by atoms with van der Waals surface area (Å²) in [5.74, 6) is 0.700. The molecular formula is C15H21Cl3N2O. The average Bonchev–Trinajstić information content (AvgIpc) is 2.92. The molecule has 0 aliphatic carbocycles. The topological polar surface area (TPSA) is 41.1 Å². The van der Waals surface area contributed by atoms with Crippen LogP contribution in [0.1, 0.15) is 37.8 Å². The lowest BCUT2D eigenvalue weighted by Crippen LogP contribution is -2.27. The number of carbonyl (C=O) groups is 1. The molecule has 0 saturated carbocycles. The Balaban J connectivity index is 0.00000220. The summed E-state index contributed by atoms with van der Waals surface area (Å²) in [7, 11) is 0. The van der Waals surface area contributed by atoms with E-state index in [2.05, 4.69) is 10.6 Å². The minimum atomic E-state index is -0.129. The number of nitrogens with one attached hydrogen (secondary N) is 2. The standard InChI is InChI=1S/C15H20Cl2N2O.ClH/c1-10(12-3-2-4-13(16)15(12)17)19-14(20)6-5-11-7-8-18-9-11;/h2-4,10-11,18H,5-9H2,1H3,(H,19,20);1H. The predicted molar refractivity (Wildman–Crippen MR) is 90.5 cm³/mol. The van der Waals surface area contributed by atoms with E-state index >= 15 is 0 Å². The van der Waals surface area contributed by atoms with Crippen LogP contribution in [0.15, 0.2) is 18.2 Å². The molecule has 1 heterocycles. The van der Waals surface area contributed by atoms with Crippen molar-refractivity contribution in [3.05, 3.63) is 33.8 Å². The van der Waals surface area contributed by atoms with Crippen LogP contribution in [-0.2, 0) is 4.79 Å². The van der Waals surface area contributed by atoms with E-state index in [0.717, 1.165) is 25.1 Å². The zero-order valence-electron chi connectivity index (χ0n) is 12.0. The first-order valence-corrected chi connectivity index (χ1v) is 7.77. The van der Waals surface area contributed by atoms with Gasteiger partial charge in [-0.05, 0) is 50.4 Å². The van der Waals surface area contributed by atoms with Crippen LogP contribution in [0.5, 0.6) is 0 Å². The van der Waals surface area contributed by atoms with Crippen molar-refractivity contribution in [1.29, 1.82) is 0 Å².